The third-order valence-electron chi connectivity index (χ3n) is 4.58. The summed E-state index contributed by atoms with van der Waals surface area (Å²) in [6.45, 7) is 0.622. The molecular weight excluding hydrogens is 387 g/mol. The van der Waals surface area contributed by atoms with Crippen molar-refractivity contribution in [2.75, 3.05) is 6.54 Å². The second-order valence-electron chi connectivity index (χ2n) is 6.28. The minimum Gasteiger partial charge on any atom is -0.356 e. The smallest absolute Gasteiger partial charge is 0.264 e. The van der Waals surface area contributed by atoms with Crippen molar-refractivity contribution in [2.24, 2.45) is 5.92 Å². The molecule has 0 spiro atoms. The summed E-state index contributed by atoms with van der Waals surface area (Å²) in [5.74, 6) is -0.821. The second-order valence-corrected chi connectivity index (χ2v) is 7.79. The van der Waals surface area contributed by atoms with E-state index in [9.17, 15) is 14.4 Å². The van der Waals surface area contributed by atoms with Crippen LogP contribution in [0.25, 0.3) is 0 Å². The number of halogens is 2. The molecule has 0 radical (unpaired) electrons. The van der Waals surface area contributed by atoms with E-state index in [2.05, 4.69) is 20.3 Å². The summed E-state index contributed by atoms with van der Waals surface area (Å²) in [7, 11) is 0. The highest BCUT2D eigenvalue weighted by atomic mass is 35.5. The largest absolute Gasteiger partial charge is 0.356 e. The van der Waals surface area contributed by atoms with E-state index in [0.29, 0.717) is 13.0 Å². The first kappa shape index (κ1) is 18.4. The van der Waals surface area contributed by atoms with Gasteiger partial charge in [0.25, 0.3) is 5.91 Å². The van der Waals surface area contributed by atoms with Gasteiger partial charge in [0, 0.05) is 31.0 Å². The minimum atomic E-state index is -0.337. The summed E-state index contributed by atoms with van der Waals surface area (Å²) in [5.41, 5.74) is 0. The molecule has 0 aromatic carbocycles. The molecule has 3 amide bonds. The first-order chi connectivity index (χ1) is 12.0. The number of carbonyl (C=O) groups excluding carboxylic acids is 3. The number of nitrogens with one attached hydrogen (secondary N) is 3. The van der Waals surface area contributed by atoms with Crippen molar-refractivity contribution in [1.82, 2.24) is 20.3 Å². The Bertz CT molecular complexity index is 696. The first-order valence-electron chi connectivity index (χ1n) is 8.14. The highest BCUT2D eigenvalue weighted by molar-refractivity contribution is 7.09. The van der Waals surface area contributed by atoms with Crippen LogP contribution in [0.1, 0.15) is 41.8 Å². The molecular formula is C15H18Cl2N4O3S. The Labute approximate surface area is 159 Å². The van der Waals surface area contributed by atoms with Gasteiger partial charge in [-0.1, -0.05) is 23.2 Å². The van der Waals surface area contributed by atoms with Crippen LogP contribution in [0.15, 0.2) is 0 Å². The van der Waals surface area contributed by atoms with Crippen LogP contribution in [0.4, 0.5) is 0 Å². The average Bonchev–Trinajstić information content (AvgIpc) is 3.25. The van der Waals surface area contributed by atoms with Gasteiger partial charge >= 0.3 is 0 Å². The van der Waals surface area contributed by atoms with Gasteiger partial charge in [-0.2, -0.15) is 4.37 Å². The molecule has 136 valence electrons. The fraction of sp³-hybridized carbons (Fsp3) is 0.600. The van der Waals surface area contributed by atoms with E-state index in [-0.39, 0.29) is 57.2 Å². The summed E-state index contributed by atoms with van der Waals surface area (Å²) in [5, 5.41) is 8.84. The molecule has 2 heterocycles. The Morgan fingerprint density at radius 3 is 2.52 bits per heavy atom. The molecule has 3 N–H and O–H groups in total. The third-order valence-corrected chi connectivity index (χ3v) is 6.37. The number of hydrogen-bond acceptors (Lipinski definition) is 5. The predicted octanol–water partition coefficient (Wildman–Crippen LogP) is 1.74. The van der Waals surface area contributed by atoms with Crippen molar-refractivity contribution in [2.45, 2.75) is 44.2 Å². The van der Waals surface area contributed by atoms with Gasteiger partial charge < -0.3 is 16.0 Å². The number of aromatic nitrogens is 1. The first-order valence-corrected chi connectivity index (χ1v) is 9.67. The zero-order valence-corrected chi connectivity index (χ0v) is 15.6. The fourth-order valence-corrected chi connectivity index (χ4v) is 4.39. The number of rotatable bonds is 5. The number of carbonyl (C=O) groups is 3. The van der Waals surface area contributed by atoms with Gasteiger partial charge in [0.15, 0.2) is 5.15 Å². The molecule has 10 heteroatoms. The van der Waals surface area contributed by atoms with Crippen LogP contribution in [-0.4, -0.2) is 40.7 Å². The van der Waals surface area contributed by atoms with Crippen LogP contribution in [0.3, 0.4) is 0 Å². The lowest BCUT2D eigenvalue weighted by atomic mass is 10.0. The molecule has 1 saturated heterocycles. The zero-order chi connectivity index (χ0) is 18.0. The highest BCUT2D eigenvalue weighted by Crippen LogP contribution is 2.29. The number of amides is 3. The van der Waals surface area contributed by atoms with E-state index >= 15 is 0 Å². The van der Waals surface area contributed by atoms with Gasteiger partial charge in [0.1, 0.15) is 9.90 Å². The minimum absolute atomic E-state index is 0.0665. The van der Waals surface area contributed by atoms with Gasteiger partial charge in [0.05, 0.1) is 0 Å². The predicted molar refractivity (Wildman–Crippen MR) is 94.9 cm³/mol. The Balaban J connectivity index is 1.55. The van der Waals surface area contributed by atoms with E-state index in [1.165, 1.54) is 0 Å². The summed E-state index contributed by atoms with van der Waals surface area (Å²) in [6.07, 6.45) is 3.31. The van der Waals surface area contributed by atoms with Crippen molar-refractivity contribution in [3.8, 4) is 0 Å². The molecule has 1 saturated carbocycles. The van der Waals surface area contributed by atoms with Crippen LogP contribution in [0, 0.1) is 5.92 Å². The maximum absolute atomic E-state index is 12.3. The molecule has 1 aromatic rings. The molecule has 3 rings (SSSR count). The Morgan fingerprint density at radius 1 is 1.20 bits per heavy atom. The molecule has 25 heavy (non-hydrogen) atoms. The van der Waals surface area contributed by atoms with Crippen LogP contribution < -0.4 is 16.0 Å². The zero-order valence-electron chi connectivity index (χ0n) is 13.3. The molecule has 2 aliphatic rings. The van der Waals surface area contributed by atoms with Gasteiger partial charge in [0.2, 0.25) is 11.8 Å². The Kier molecular flexibility index (Phi) is 5.81. The van der Waals surface area contributed by atoms with E-state index in [1.807, 2.05) is 0 Å². The topological polar surface area (TPSA) is 100 Å². The summed E-state index contributed by atoms with van der Waals surface area (Å²) in [4.78, 5) is 36.4. The third kappa shape index (κ3) is 4.24. The highest BCUT2D eigenvalue weighted by Gasteiger charge is 2.33. The van der Waals surface area contributed by atoms with Crippen molar-refractivity contribution < 1.29 is 14.4 Å². The normalized spacial score (nSPS) is 25.7. The van der Waals surface area contributed by atoms with Crippen molar-refractivity contribution >= 4 is 52.5 Å². The van der Waals surface area contributed by atoms with Gasteiger partial charge in [-0.15, -0.1) is 0 Å². The molecule has 1 aromatic heterocycles. The van der Waals surface area contributed by atoms with Gasteiger partial charge in [-0.25, -0.2) is 0 Å². The van der Waals surface area contributed by atoms with E-state index < -0.39 is 0 Å². The number of nitrogens with zero attached hydrogens (tertiary/aromatic N) is 1. The quantitative estimate of drug-likeness (QED) is 0.695. The maximum Gasteiger partial charge on any atom is 0.264 e. The van der Waals surface area contributed by atoms with Crippen molar-refractivity contribution in [3.05, 3.63) is 15.1 Å². The monoisotopic (exact) mass is 404 g/mol. The summed E-state index contributed by atoms with van der Waals surface area (Å²) < 4.78 is 3.85. The van der Waals surface area contributed by atoms with E-state index in [1.54, 1.807) is 0 Å². The molecule has 1 aliphatic heterocycles. The molecule has 7 nitrogen and oxygen atoms in total. The van der Waals surface area contributed by atoms with Crippen molar-refractivity contribution in [3.63, 3.8) is 0 Å². The fourth-order valence-electron chi connectivity index (χ4n) is 3.27. The Morgan fingerprint density at radius 2 is 1.92 bits per heavy atom. The Hall–Kier alpha value is -1.38. The molecule has 3 atom stereocenters. The lowest BCUT2D eigenvalue weighted by Crippen LogP contribution is -2.48. The van der Waals surface area contributed by atoms with E-state index in [4.69, 9.17) is 23.2 Å². The SMILES string of the molecule is O=C(CC1CCNC1=O)N[C@@H]1CCC[C@@H]1NC(=O)c1snc(Cl)c1Cl. The standard InChI is InChI=1S/C15H18Cl2N4O3S/c16-11-12(25-21-13(11)17)15(24)20-9-3-1-2-8(9)19-10(22)6-7-4-5-18-14(7)23/h7-9H,1-6H2,(H,18,23)(H,19,22)(H,20,24)/t7?,8-,9+/m1/s1. The van der Waals surface area contributed by atoms with Gasteiger partial charge in [-0.3, -0.25) is 14.4 Å². The second kappa shape index (κ2) is 7.88. The van der Waals surface area contributed by atoms with Crippen LogP contribution in [0.2, 0.25) is 10.2 Å². The van der Waals surface area contributed by atoms with Crippen LogP contribution >= 0.6 is 34.7 Å². The molecule has 0 bridgehead atoms. The summed E-state index contributed by atoms with van der Waals surface area (Å²) >= 11 is 12.7. The molecule has 1 aliphatic carbocycles. The maximum atomic E-state index is 12.3. The lowest BCUT2D eigenvalue weighted by molar-refractivity contribution is -0.128. The van der Waals surface area contributed by atoms with Gasteiger partial charge in [-0.05, 0) is 37.2 Å². The average molecular weight is 405 g/mol. The number of hydrogen-bond donors (Lipinski definition) is 3. The molecule has 2 fully saturated rings. The van der Waals surface area contributed by atoms with Crippen molar-refractivity contribution in [1.29, 1.82) is 0 Å². The van der Waals surface area contributed by atoms with Crippen LogP contribution in [0.5, 0.6) is 0 Å². The summed E-state index contributed by atoms with van der Waals surface area (Å²) in [6, 6.07) is -0.325. The van der Waals surface area contributed by atoms with E-state index in [0.717, 1.165) is 30.8 Å². The lowest BCUT2D eigenvalue weighted by Gasteiger charge is -2.22. The molecule has 1 unspecified atom stereocenters. The van der Waals surface area contributed by atoms with Crippen LogP contribution in [-0.2, 0) is 9.59 Å².